The van der Waals surface area contributed by atoms with Crippen molar-refractivity contribution in [2.24, 2.45) is 0 Å². The van der Waals surface area contributed by atoms with Crippen molar-refractivity contribution >= 4 is 34.1 Å². The number of allylic oxidation sites excluding steroid dienone is 1. The van der Waals surface area contributed by atoms with E-state index in [0.717, 1.165) is 5.56 Å². The highest BCUT2D eigenvalue weighted by Gasteiger charge is 2.17. The second-order valence-corrected chi connectivity index (χ2v) is 6.92. The second-order valence-electron chi connectivity index (χ2n) is 5.08. The molecule has 1 N–H and O–H groups in total. The van der Waals surface area contributed by atoms with Gasteiger partial charge in [-0.2, -0.15) is 0 Å². The van der Waals surface area contributed by atoms with Crippen LogP contribution in [0.3, 0.4) is 0 Å². The van der Waals surface area contributed by atoms with Crippen molar-refractivity contribution in [3.63, 3.8) is 0 Å². The van der Waals surface area contributed by atoms with Crippen LogP contribution in [0.1, 0.15) is 0 Å². The summed E-state index contributed by atoms with van der Waals surface area (Å²) in [5, 5.41) is 14.3. The molecule has 0 saturated carbocycles. The predicted octanol–water partition coefficient (Wildman–Crippen LogP) is 3.33. The summed E-state index contributed by atoms with van der Waals surface area (Å²) in [5.41, 5.74) is 0.837. The van der Waals surface area contributed by atoms with Crippen LogP contribution in [0.4, 0.5) is 5.13 Å². The van der Waals surface area contributed by atoms with Gasteiger partial charge in [0.25, 0.3) is 0 Å². The third kappa shape index (κ3) is 4.12. The number of carbonyl (C=O) groups is 1. The van der Waals surface area contributed by atoms with Crippen LogP contribution in [0.15, 0.2) is 53.7 Å². The van der Waals surface area contributed by atoms with E-state index in [2.05, 4.69) is 27.1 Å². The normalized spacial score (nSPS) is 10.5. The molecule has 0 radical (unpaired) electrons. The number of ether oxygens (including phenoxy) is 1. The summed E-state index contributed by atoms with van der Waals surface area (Å²) >= 11 is 2.69. The number of nitrogens with one attached hydrogen (secondary N) is 1. The van der Waals surface area contributed by atoms with Crippen molar-refractivity contribution < 1.29 is 9.53 Å². The van der Waals surface area contributed by atoms with Crippen LogP contribution in [0.2, 0.25) is 0 Å². The average Bonchev–Trinajstić information content (AvgIpc) is 3.30. The van der Waals surface area contributed by atoms with Crippen molar-refractivity contribution in [1.29, 1.82) is 0 Å². The molecule has 0 aliphatic carbocycles. The summed E-state index contributed by atoms with van der Waals surface area (Å²) < 4.78 is 7.32. The Morgan fingerprint density at radius 1 is 1.42 bits per heavy atom. The SMILES string of the molecule is C=CCn1c(SCC(=O)Nc2nccs2)nnc1-c1ccccc1OC. The van der Waals surface area contributed by atoms with Gasteiger partial charge in [0.05, 0.1) is 18.4 Å². The number of nitrogens with zero attached hydrogens (tertiary/aromatic N) is 4. The first-order chi connectivity index (χ1) is 12.7. The van der Waals surface area contributed by atoms with Crippen molar-refractivity contribution in [3.8, 4) is 17.1 Å². The van der Waals surface area contributed by atoms with E-state index in [-0.39, 0.29) is 11.7 Å². The topological polar surface area (TPSA) is 81.9 Å². The van der Waals surface area contributed by atoms with E-state index in [1.165, 1.54) is 23.1 Å². The third-order valence-electron chi connectivity index (χ3n) is 3.39. The van der Waals surface area contributed by atoms with Gasteiger partial charge in [-0.1, -0.05) is 30.0 Å². The highest BCUT2D eigenvalue weighted by atomic mass is 32.2. The number of hydrogen-bond donors (Lipinski definition) is 1. The zero-order valence-corrected chi connectivity index (χ0v) is 15.7. The van der Waals surface area contributed by atoms with Gasteiger partial charge in [0.15, 0.2) is 16.1 Å². The number of aromatic nitrogens is 4. The molecule has 1 aromatic carbocycles. The van der Waals surface area contributed by atoms with E-state index < -0.39 is 0 Å². The molecular weight excluding hydrogens is 370 g/mol. The molecule has 0 aliphatic rings. The Hall–Kier alpha value is -2.65. The molecule has 7 nitrogen and oxygen atoms in total. The van der Waals surface area contributed by atoms with Crippen molar-refractivity contribution in [2.45, 2.75) is 11.7 Å². The fourth-order valence-corrected chi connectivity index (χ4v) is 3.58. The molecule has 0 bridgehead atoms. The average molecular weight is 387 g/mol. The Kier molecular flexibility index (Phi) is 6.03. The summed E-state index contributed by atoms with van der Waals surface area (Å²) in [6, 6.07) is 7.61. The predicted molar refractivity (Wildman–Crippen MR) is 104 cm³/mol. The minimum Gasteiger partial charge on any atom is -0.496 e. The largest absolute Gasteiger partial charge is 0.496 e. The van der Waals surface area contributed by atoms with Crippen LogP contribution in [0, 0.1) is 0 Å². The number of rotatable bonds is 8. The minimum absolute atomic E-state index is 0.142. The molecule has 0 fully saturated rings. The third-order valence-corrected chi connectivity index (χ3v) is 5.04. The molecule has 2 heterocycles. The van der Waals surface area contributed by atoms with Gasteiger partial charge in [-0.15, -0.1) is 28.1 Å². The Bertz CT molecular complexity index is 892. The van der Waals surface area contributed by atoms with E-state index in [0.29, 0.717) is 28.4 Å². The molecule has 3 aromatic rings. The maximum Gasteiger partial charge on any atom is 0.236 e. The van der Waals surface area contributed by atoms with E-state index >= 15 is 0 Å². The first-order valence-electron chi connectivity index (χ1n) is 7.72. The number of benzene rings is 1. The molecular formula is C17H17N5O2S2. The number of anilines is 1. The summed E-state index contributed by atoms with van der Waals surface area (Å²) in [6.45, 7) is 4.32. The summed E-state index contributed by atoms with van der Waals surface area (Å²) in [7, 11) is 1.62. The standard InChI is InChI=1S/C17H17N5O2S2/c1-3-9-22-15(12-6-4-5-7-13(12)24-2)20-21-17(22)26-11-14(23)19-16-18-8-10-25-16/h3-8,10H,1,9,11H2,2H3,(H,18,19,23). The second kappa shape index (κ2) is 8.63. The summed E-state index contributed by atoms with van der Waals surface area (Å²) in [5.74, 6) is 1.45. The van der Waals surface area contributed by atoms with Gasteiger partial charge in [0.1, 0.15) is 5.75 Å². The number of methoxy groups -OCH3 is 1. The minimum atomic E-state index is -0.142. The fraction of sp³-hybridized carbons (Fsp3) is 0.176. The van der Waals surface area contributed by atoms with E-state index in [1.807, 2.05) is 34.2 Å². The molecule has 0 spiro atoms. The Morgan fingerprint density at radius 3 is 3.00 bits per heavy atom. The number of carbonyl (C=O) groups excluding carboxylic acids is 1. The van der Waals surface area contributed by atoms with E-state index in [4.69, 9.17) is 4.74 Å². The molecule has 2 aromatic heterocycles. The van der Waals surface area contributed by atoms with E-state index in [1.54, 1.807) is 19.4 Å². The molecule has 26 heavy (non-hydrogen) atoms. The molecule has 9 heteroatoms. The smallest absolute Gasteiger partial charge is 0.236 e. The maximum absolute atomic E-state index is 12.1. The maximum atomic E-state index is 12.1. The highest BCUT2D eigenvalue weighted by Crippen LogP contribution is 2.30. The number of para-hydroxylation sites is 1. The highest BCUT2D eigenvalue weighted by molar-refractivity contribution is 7.99. The molecule has 0 unspecified atom stereocenters. The van der Waals surface area contributed by atoms with Crippen molar-refractivity contribution in [1.82, 2.24) is 19.7 Å². The quantitative estimate of drug-likeness (QED) is 0.472. The van der Waals surface area contributed by atoms with Crippen LogP contribution in [-0.4, -0.2) is 38.5 Å². The number of thioether (sulfide) groups is 1. The van der Waals surface area contributed by atoms with Crippen LogP contribution < -0.4 is 10.1 Å². The molecule has 0 aliphatic heterocycles. The van der Waals surface area contributed by atoms with Gasteiger partial charge in [-0.25, -0.2) is 4.98 Å². The lowest BCUT2D eigenvalue weighted by Crippen LogP contribution is -2.14. The summed E-state index contributed by atoms with van der Waals surface area (Å²) in [4.78, 5) is 16.1. The van der Waals surface area contributed by atoms with Crippen LogP contribution >= 0.6 is 23.1 Å². The molecule has 0 saturated heterocycles. The zero-order valence-electron chi connectivity index (χ0n) is 14.1. The summed E-state index contributed by atoms with van der Waals surface area (Å²) in [6.07, 6.45) is 3.41. The lowest BCUT2D eigenvalue weighted by atomic mass is 10.2. The fourth-order valence-electron chi connectivity index (χ4n) is 2.29. The van der Waals surface area contributed by atoms with Crippen molar-refractivity contribution in [3.05, 3.63) is 48.5 Å². The molecule has 1 amide bonds. The van der Waals surface area contributed by atoms with Crippen LogP contribution in [0.5, 0.6) is 5.75 Å². The van der Waals surface area contributed by atoms with Crippen molar-refractivity contribution in [2.75, 3.05) is 18.2 Å². The lowest BCUT2D eigenvalue weighted by Gasteiger charge is -2.10. The lowest BCUT2D eigenvalue weighted by molar-refractivity contribution is -0.113. The number of amides is 1. The van der Waals surface area contributed by atoms with Gasteiger partial charge in [0, 0.05) is 18.1 Å². The first kappa shape index (κ1) is 18.2. The molecule has 3 rings (SSSR count). The first-order valence-corrected chi connectivity index (χ1v) is 9.59. The monoisotopic (exact) mass is 387 g/mol. The van der Waals surface area contributed by atoms with Gasteiger partial charge in [-0.05, 0) is 12.1 Å². The zero-order chi connectivity index (χ0) is 18.4. The number of thiazole rings is 1. The molecule has 134 valence electrons. The van der Waals surface area contributed by atoms with E-state index in [9.17, 15) is 4.79 Å². The van der Waals surface area contributed by atoms with Crippen LogP contribution in [0.25, 0.3) is 11.4 Å². The van der Waals surface area contributed by atoms with Gasteiger partial charge in [0.2, 0.25) is 5.91 Å². The Morgan fingerprint density at radius 2 is 2.27 bits per heavy atom. The Labute approximate surface area is 159 Å². The number of hydrogen-bond acceptors (Lipinski definition) is 7. The van der Waals surface area contributed by atoms with Crippen LogP contribution in [-0.2, 0) is 11.3 Å². The molecule has 0 atom stereocenters. The van der Waals surface area contributed by atoms with Gasteiger partial charge in [-0.3, -0.25) is 9.36 Å². The Balaban J connectivity index is 1.78. The van der Waals surface area contributed by atoms with Gasteiger partial charge < -0.3 is 10.1 Å². The van der Waals surface area contributed by atoms with Gasteiger partial charge >= 0.3 is 0 Å².